The number of nitrogens with zero attached hydrogens (tertiary/aromatic N) is 3. The number of fused-ring (bicyclic) bond motifs is 2. The van der Waals surface area contributed by atoms with Crippen LogP contribution < -0.4 is 19.7 Å². The minimum absolute atomic E-state index is 0.0893. The molecule has 1 N–H and O–H groups in total. The topological polar surface area (TPSA) is 132 Å². The molecule has 3 aromatic rings. The van der Waals surface area contributed by atoms with Crippen molar-refractivity contribution in [2.24, 2.45) is 5.92 Å². The summed E-state index contributed by atoms with van der Waals surface area (Å²) in [6.45, 7) is 7.39. The molecular weight excluding hydrogens is 594 g/mol. The Morgan fingerprint density at radius 3 is 2.40 bits per heavy atom. The van der Waals surface area contributed by atoms with Crippen molar-refractivity contribution < 1.29 is 33.8 Å². The maximum atomic E-state index is 14.7. The van der Waals surface area contributed by atoms with E-state index >= 15 is 0 Å². The lowest BCUT2D eigenvalue weighted by atomic mass is 9.82. The number of carbonyl (C=O) groups excluding carboxylic acids is 2. The highest BCUT2D eigenvalue weighted by atomic mass is 28.3. The molecule has 0 radical (unpaired) electrons. The molecule has 45 heavy (non-hydrogen) atoms. The van der Waals surface area contributed by atoms with Gasteiger partial charge in [0.05, 0.1) is 45.0 Å². The fourth-order valence-corrected chi connectivity index (χ4v) is 11.6. The van der Waals surface area contributed by atoms with Gasteiger partial charge in [0.1, 0.15) is 12.4 Å². The van der Waals surface area contributed by atoms with Crippen molar-refractivity contribution >= 4 is 42.3 Å². The van der Waals surface area contributed by atoms with Crippen molar-refractivity contribution in [1.82, 2.24) is 0 Å². The first-order chi connectivity index (χ1) is 21.5. The Hall–Kier alpha value is -4.26. The van der Waals surface area contributed by atoms with Gasteiger partial charge in [-0.15, -0.1) is 0 Å². The van der Waals surface area contributed by atoms with E-state index in [1.54, 1.807) is 23.0 Å². The van der Waals surface area contributed by atoms with Gasteiger partial charge in [-0.1, -0.05) is 49.5 Å². The molecule has 3 aromatic carbocycles. The van der Waals surface area contributed by atoms with Gasteiger partial charge in [0, 0.05) is 35.9 Å². The number of amides is 2. The number of hydrogen-bond donors (Lipinski definition) is 1. The van der Waals surface area contributed by atoms with E-state index < -0.39 is 30.8 Å². The van der Waals surface area contributed by atoms with Gasteiger partial charge in [-0.2, -0.15) is 0 Å². The lowest BCUT2D eigenvalue weighted by Gasteiger charge is -2.37. The van der Waals surface area contributed by atoms with Crippen LogP contribution in [0.1, 0.15) is 24.5 Å². The average molecular weight is 632 g/mol. The van der Waals surface area contributed by atoms with Crippen molar-refractivity contribution in [1.29, 1.82) is 0 Å². The van der Waals surface area contributed by atoms with Crippen molar-refractivity contribution in [3.63, 3.8) is 0 Å². The highest BCUT2D eigenvalue weighted by Gasteiger charge is 2.66. The third-order valence-corrected chi connectivity index (χ3v) is 14.2. The van der Waals surface area contributed by atoms with Gasteiger partial charge >= 0.3 is 6.09 Å². The largest absolute Gasteiger partial charge is 0.497 e. The highest BCUT2D eigenvalue weighted by molar-refractivity contribution is 6.91. The Morgan fingerprint density at radius 1 is 1.09 bits per heavy atom. The Labute approximate surface area is 262 Å². The molecule has 11 nitrogen and oxygen atoms in total. The average Bonchev–Trinajstić information content (AvgIpc) is 3.66. The van der Waals surface area contributed by atoms with Crippen molar-refractivity contribution in [2.45, 2.75) is 50.2 Å². The Bertz CT molecular complexity index is 1630. The first-order valence-corrected chi connectivity index (χ1v) is 18.2. The number of rotatable bonds is 9. The SMILES string of the molecule is COc1ccc([Si](C)(C)[C@H]2[C@H](CCO)O[C@@]3(C(=O)N(Cc4ccc(N5CCOC5=O)cc4)c4ccc([N+](=O)[O-])cc43)[C@@H]2C)cc1. The van der Waals surface area contributed by atoms with Crippen molar-refractivity contribution in [3.05, 3.63) is 88.0 Å². The Balaban J connectivity index is 1.40. The third kappa shape index (κ3) is 4.97. The minimum atomic E-state index is -2.39. The van der Waals surface area contributed by atoms with E-state index in [0.29, 0.717) is 36.5 Å². The van der Waals surface area contributed by atoms with E-state index in [0.717, 1.165) is 16.5 Å². The molecule has 3 aliphatic heterocycles. The standard InChI is InChI=1S/C33H37N3O8Si/c1-21-30(45(3,4)26-12-10-25(42-2)11-13-26)29(15-17-37)44-33(21)27-19-24(36(40)41)9-14-28(27)35(31(33)38)20-22-5-7-23(8-6-22)34-16-18-43-32(34)39/h5-14,19,21,29-30,37H,15-18,20H2,1-4H3/t21-,29+,30-,33+/m1/s1. The Morgan fingerprint density at radius 2 is 1.80 bits per heavy atom. The lowest BCUT2D eigenvalue weighted by Crippen LogP contribution is -2.51. The van der Waals surface area contributed by atoms with Crippen LogP contribution in [0, 0.1) is 16.0 Å². The summed E-state index contributed by atoms with van der Waals surface area (Å²) in [7, 11) is -0.763. The normalized spacial score (nSPS) is 24.3. The minimum Gasteiger partial charge on any atom is -0.497 e. The molecule has 3 aliphatic rings. The number of aliphatic hydroxyl groups is 1. The molecule has 2 amide bonds. The zero-order valence-corrected chi connectivity index (χ0v) is 26.8. The van der Waals surface area contributed by atoms with Crippen LogP contribution in [0.2, 0.25) is 18.6 Å². The number of nitro benzene ring substituents is 1. The van der Waals surface area contributed by atoms with Crippen LogP contribution >= 0.6 is 0 Å². The van der Waals surface area contributed by atoms with Crippen LogP contribution in [0.15, 0.2) is 66.7 Å². The second-order valence-electron chi connectivity index (χ2n) is 12.5. The van der Waals surface area contributed by atoms with Crippen LogP contribution in [-0.2, 0) is 26.4 Å². The summed E-state index contributed by atoms with van der Waals surface area (Å²) in [6.07, 6.45) is -0.499. The summed E-state index contributed by atoms with van der Waals surface area (Å²) in [5, 5.41) is 23.2. The molecule has 2 fully saturated rings. The summed E-state index contributed by atoms with van der Waals surface area (Å²) < 4.78 is 17.3. The molecule has 4 atom stereocenters. The number of cyclic esters (lactones) is 1. The predicted molar refractivity (Wildman–Crippen MR) is 171 cm³/mol. The molecule has 6 rings (SSSR count). The van der Waals surface area contributed by atoms with Crippen LogP contribution in [0.3, 0.4) is 0 Å². The van der Waals surface area contributed by atoms with Crippen LogP contribution in [0.5, 0.6) is 5.75 Å². The summed E-state index contributed by atoms with van der Waals surface area (Å²) in [5.74, 6) is 0.126. The van der Waals surface area contributed by atoms with Gasteiger partial charge < -0.3 is 24.2 Å². The molecule has 0 bridgehead atoms. The van der Waals surface area contributed by atoms with E-state index in [4.69, 9.17) is 14.2 Å². The molecule has 12 heteroatoms. The highest BCUT2D eigenvalue weighted by Crippen LogP contribution is 2.60. The fourth-order valence-electron chi connectivity index (χ4n) is 7.56. The number of ether oxygens (including phenoxy) is 3. The van der Waals surface area contributed by atoms with E-state index in [1.807, 2.05) is 43.3 Å². The van der Waals surface area contributed by atoms with Crippen LogP contribution in [0.4, 0.5) is 21.9 Å². The smallest absolute Gasteiger partial charge is 0.414 e. The summed E-state index contributed by atoms with van der Waals surface area (Å²) in [4.78, 5) is 41.4. The third-order valence-electron chi connectivity index (χ3n) is 9.79. The Kier molecular flexibility index (Phi) is 7.92. The fraction of sp³-hybridized carbons (Fsp3) is 0.394. The van der Waals surface area contributed by atoms with Crippen molar-refractivity contribution in [2.75, 3.05) is 36.7 Å². The molecule has 0 unspecified atom stereocenters. The zero-order chi connectivity index (χ0) is 32.1. The quantitative estimate of drug-likeness (QED) is 0.204. The first-order valence-electron chi connectivity index (χ1n) is 15.1. The summed E-state index contributed by atoms with van der Waals surface area (Å²) in [6, 6.07) is 19.9. The number of non-ortho nitro benzene ring substituents is 1. The number of methoxy groups -OCH3 is 1. The number of nitro groups is 1. The van der Waals surface area contributed by atoms with Gasteiger partial charge in [-0.3, -0.25) is 19.8 Å². The number of anilines is 2. The van der Waals surface area contributed by atoms with Gasteiger partial charge in [-0.25, -0.2) is 4.79 Å². The maximum absolute atomic E-state index is 14.7. The second-order valence-corrected chi connectivity index (χ2v) is 17.1. The molecule has 2 saturated heterocycles. The molecule has 3 heterocycles. The van der Waals surface area contributed by atoms with E-state index in [2.05, 4.69) is 25.2 Å². The monoisotopic (exact) mass is 631 g/mol. The van der Waals surface area contributed by atoms with E-state index in [-0.39, 0.29) is 36.2 Å². The zero-order valence-electron chi connectivity index (χ0n) is 25.8. The van der Waals surface area contributed by atoms with Gasteiger partial charge in [0.2, 0.25) is 0 Å². The number of hydrogen-bond acceptors (Lipinski definition) is 8. The number of benzene rings is 3. The molecule has 0 aliphatic carbocycles. The predicted octanol–water partition coefficient (Wildman–Crippen LogP) is 4.71. The number of carbonyl (C=O) groups is 2. The van der Waals surface area contributed by atoms with Gasteiger partial charge in [-0.05, 0) is 47.9 Å². The van der Waals surface area contributed by atoms with Crippen molar-refractivity contribution in [3.8, 4) is 5.75 Å². The van der Waals surface area contributed by atoms with Gasteiger partial charge in [0.25, 0.3) is 11.6 Å². The van der Waals surface area contributed by atoms with Gasteiger partial charge in [0.15, 0.2) is 5.60 Å². The van der Waals surface area contributed by atoms with Crippen LogP contribution in [-0.4, -0.2) is 63.1 Å². The summed E-state index contributed by atoms with van der Waals surface area (Å²) in [5.41, 5.74) is 0.912. The first kappa shape index (κ1) is 30.7. The lowest BCUT2D eigenvalue weighted by molar-refractivity contribution is -0.385. The molecule has 1 spiro atoms. The molecule has 0 aromatic heterocycles. The summed E-state index contributed by atoms with van der Waals surface area (Å²) >= 11 is 0. The molecular formula is C33H37N3O8Si. The molecule has 0 saturated carbocycles. The van der Waals surface area contributed by atoms with E-state index in [1.165, 1.54) is 12.1 Å². The van der Waals surface area contributed by atoms with E-state index in [9.17, 15) is 24.8 Å². The van der Waals surface area contributed by atoms with Crippen LogP contribution in [0.25, 0.3) is 0 Å². The molecule has 236 valence electrons. The second kappa shape index (κ2) is 11.6. The number of aliphatic hydroxyl groups excluding tert-OH is 1. The maximum Gasteiger partial charge on any atom is 0.414 e.